The maximum atomic E-state index is 12.6. The Balaban J connectivity index is 1.41. The van der Waals surface area contributed by atoms with Crippen molar-refractivity contribution < 1.29 is 9.21 Å². The fraction of sp³-hybridized carbons (Fsp3) is 0.200. The molecule has 142 valence electrons. The van der Waals surface area contributed by atoms with Gasteiger partial charge in [-0.2, -0.15) is 5.10 Å². The lowest BCUT2D eigenvalue weighted by Crippen LogP contribution is -2.12. The molecule has 0 unspecified atom stereocenters. The van der Waals surface area contributed by atoms with Gasteiger partial charge in [-0.1, -0.05) is 0 Å². The first-order valence-corrected chi connectivity index (χ1v) is 9.68. The van der Waals surface area contributed by atoms with Crippen LogP contribution in [0.25, 0.3) is 10.8 Å². The molecule has 4 heterocycles. The maximum absolute atomic E-state index is 12.6. The minimum absolute atomic E-state index is 0.219. The number of carbonyl (C=O) groups excluding carboxylic acids is 1. The van der Waals surface area contributed by atoms with E-state index < -0.39 is 0 Å². The summed E-state index contributed by atoms with van der Waals surface area (Å²) in [6.07, 6.45) is 6.25. The minimum atomic E-state index is -0.219. The fourth-order valence-corrected chi connectivity index (χ4v) is 3.70. The van der Waals surface area contributed by atoms with Crippen LogP contribution in [-0.2, 0) is 13.0 Å². The van der Waals surface area contributed by atoms with Gasteiger partial charge in [-0.25, -0.2) is 4.98 Å². The molecule has 0 bridgehead atoms. The average molecular weight is 393 g/mol. The number of pyridine rings is 1. The van der Waals surface area contributed by atoms with E-state index in [9.17, 15) is 4.79 Å². The molecule has 0 aliphatic heterocycles. The van der Waals surface area contributed by atoms with Crippen molar-refractivity contribution >= 4 is 23.1 Å². The van der Waals surface area contributed by atoms with Gasteiger partial charge in [-0.15, -0.1) is 11.3 Å². The Hall–Kier alpha value is -3.26. The molecule has 0 fully saturated rings. The number of hydrogen-bond acceptors (Lipinski definition) is 6. The first kappa shape index (κ1) is 18.1. The van der Waals surface area contributed by atoms with Gasteiger partial charge in [-0.3, -0.25) is 14.5 Å². The Kier molecular flexibility index (Phi) is 5.03. The van der Waals surface area contributed by atoms with Crippen molar-refractivity contribution in [1.29, 1.82) is 0 Å². The SMILES string of the molecule is Cc1ccc(-c2nc(C)c(C(=O)Nc3ccn(CCc4ccncc4)n3)s2)o1. The van der Waals surface area contributed by atoms with Gasteiger partial charge in [0.1, 0.15) is 10.6 Å². The number of carbonyl (C=O) groups is 1. The highest BCUT2D eigenvalue weighted by Crippen LogP contribution is 2.29. The highest BCUT2D eigenvalue weighted by molar-refractivity contribution is 7.17. The predicted molar refractivity (Wildman–Crippen MR) is 107 cm³/mol. The number of nitrogens with zero attached hydrogens (tertiary/aromatic N) is 4. The van der Waals surface area contributed by atoms with Crippen molar-refractivity contribution in [3.05, 3.63) is 70.8 Å². The average Bonchev–Trinajstić information content (AvgIpc) is 3.41. The van der Waals surface area contributed by atoms with E-state index in [1.165, 1.54) is 16.9 Å². The van der Waals surface area contributed by atoms with Crippen molar-refractivity contribution in [2.75, 3.05) is 5.32 Å². The summed E-state index contributed by atoms with van der Waals surface area (Å²) in [4.78, 5) is 21.7. The summed E-state index contributed by atoms with van der Waals surface area (Å²) in [5, 5.41) is 7.96. The molecule has 28 heavy (non-hydrogen) atoms. The lowest BCUT2D eigenvalue weighted by atomic mass is 10.2. The second-order valence-electron chi connectivity index (χ2n) is 6.37. The van der Waals surface area contributed by atoms with Gasteiger partial charge in [0.05, 0.1) is 5.69 Å². The molecule has 1 amide bonds. The van der Waals surface area contributed by atoms with E-state index in [1.807, 2.05) is 49.0 Å². The van der Waals surface area contributed by atoms with Gasteiger partial charge in [0.15, 0.2) is 16.6 Å². The summed E-state index contributed by atoms with van der Waals surface area (Å²) >= 11 is 1.31. The fourth-order valence-electron chi connectivity index (χ4n) is 2.78. The quantitative estimate of drug-likeness (QED) is 0.533. The van der Waals surface area contributed by atoms with Crippen molar-refractivity contribution in [3.8, 4) is 10.8 Å². The number of thiazole rings is 1. The molecule has 4 rings (SSSR count). The van der Waals surface area contributed by atoms with Gasteiger partial charge in [0, 0.05) is 31.2 Å². The van der Waals surface area contributed by atoms with E-state index in [-0.39, 0.29) is 5.91 Å². The molecule has 0 saturated heterocycles. The number of nitrogens with one attached hydrogen (secondary N) is 1. The molecule has 0 spiro atoms. The minimum Gasteiger partial charge on any atom is -0.459 e. The first-order chi connectivity index (χ1) is 13.6. The molecular weight excluding hydrogens is 374 g/mol. The van der Waals surface area contributed by atoms with Crippen LogP contribution >= 0.6 is 11.3 Å². The Labute approximate surface area is 166 Å². The third-order valence-corrected chi connectivity index (χ3v) is 5.39. The summed E-state index contributed by atoms with van der Waals surface area (Å²) in [6, 6.07) is 9.50. The summed E-state index contributed by atoms with van der Waals surface area (Å²) in [5.74, 6) is 1.78. The molecule has 7 nitrogen and oxygen atoms in total. The van der Waals surface area contributed by atoms with Gasteiger partial charge in [0.25, 0.3) is 5.91 Å². The van der Waals surface area contributed by atoms with Gasteiger partial charge in [-0.05, 0) is 50.1 Å². The van der Waals surface area contributed by atoms with Crippen LogP contribution in [0.1, 0.15) is 26.7 Å². The summed E-state index contributed by atoms with van der Waals surface area (Å²) in [5.41, 5.74) is 1.86. The molecule has 1 N–H and O–H groups in total. The van der Waals surface area contributed by atoms with E-state index in [1.54, 1.807) is 18.5 Å². The van der Waals surface area contributed by atoms with Crippen LogP contribution in [0.5, 0.6) is 0 Å². The molecule has 0 aliphatic rings. The normalized spacial score (nSPS) is 10.9. The Morgan fingerprint density at radius 3 is 2.75 bits per heavy atom. The predicted octanol–water partition coefficient (Wildman–Crippen LogP) is 4.11. The molecular formula is C20H19N5O2S. The third-order valence-electron chi connectivity index (χ3n) is 4.22. The molecule has 0 radical (unpaired) electrons. The Morgan fingerprint density at radius 1 is 1.18 bits per heavy atom. The zero-order valence-corrected chi connectivity index (χ0v) is 16.4. The van der Waals surface area contributed by atoms with Crippen molar-refractivity contribution in [2.24, 2.45) is 0 Å². The molecule has 4 aromatic rings. The number of furan rings is 1. The maximum Gasteiger partial charge on any atom is 0.268 e. The van der Waals surface area contributed by atoms with Gasteiger partial charge < -0.3 is 9.73 Å². The Morgan fingerprint density at radius 2 is 2.00 bits per heavy atom. The zero-order valence-electron chi connectivity index (χ0n) is 15.5. The molecule has 0 atom stereocenters. The molecule has 4 aromatic heterocycles. The number of aryl methyl sites for hydroxylation is 4. The number of aromatic nitrogens is 4. The third kappa shape index (κ3) is 4.01. The van der Waals surface area contributed by atoms with Gasteiger partial charge in [0.2, 0.25) is 0 Å². The highest BCUT2D eigenvalue weighted by atomic mass is 32.1. The number of amides is 1. The smallest absolute Gasteiger partial charge is 0.268 e. The van der Waals surface area contributed by atoms with Crippen LogP contribution in [0.2, 0.25) is 0 Å². The van der Waals surface area contributed by atoms with Crippen LogP contribution in [0.15, 0.2) is 53.3 Å². The summed E-state index contributed by atoms with van der Waals surface area (Å²) in [7, 11) is 0. The second kappa shape index (κ2) is 7.77. The molecule has 0 aliphatic carbocycles. The van der Waals surface area contributed by atoms with Crippen LogP contribution in [0.4, 0.5) is 5.82 Å². The number of anilines is 1. The van der Waals surface area contributed by atoms with E-state index in [4.69, 9.17) is 4.42 Å². The molecule has 8 heteroatoms. The number of hydrogen-bond donors (Lipinski definition) is 1. The van der Waals surface area contributed by atoms with E-state index in [2.05, 4.69) is 20.4 Å². The van der Waals surface area contributed by atoms with Gasteiger partial charge >= 0.3 is 0 Å². The molecule has 0 saturated carbocycles. The van der Waals surface area contributed by atoms with E-state index in [0.717, 1.165) is 18.7 Å². The number of rotatable bonds is 6. The van der Waals surface area contributed by atoms with Crippen LogP contribution in [0.3, 0.4) is 0 Å². The second-order valence-corrected chi connectivity index (χ2v) is 7.37. The zero-order chi connectivity index (χ0) is 19.5. The summed E-state index contributed by atoms with van der Waals surface area (Å²) < 4.78 is 7.41. The van der Waals surface area contributed by atoms with Crippen LogP contribution < -0.4 is 5.32 Å². The first-order valence-electron chi connectivity index (χ1n) is 8.86. The highest BCUT2D eigenvalue weighted by Gasteiger charge is 2.18. The Bertz CT molecular complexity index is 1100. The van der Waals surface area contributed by atoms with Crippen molar-refractivity contribution in [3.63, 3.8) is 0 Å². The molecule has 0 aromatic carbocycles. The summed E-state index contributed by atoms with van der Waals surface area (Å²) in [6.45, 7) is 4.42. The van der Waals surface area contributed by atoms with Crippen molar-refractivity contribution in [1.82, 2.24) is 19.7 Å². The van der Waals surface area contributed by atoms with E-state index >= 15 is 0 Å². The topological polar surface area (TPSA) is 85.8 Å². The monoisotopic (exact) mass is 393 g/mol. The standard InChI is InChI=1S/C20H19N5O2S/c1-13-3-4-16(27-13)20-22-14(2)18(28-20)19(26)23-17-8-12-25(24-17)11-7-15-5-9-21-10-6-15/h3-6,8-10,12H,7,11H2,1-2H3,(H,23,24,26). The lowest BCUT2D eigenvalue weighted by Gasteiger charge is -2.02. The lowest BCUT2D eigenvalue weighted by molar-refractivity contribution is 0.102. The van der Waals surface area contributed by atoms with Crippen LogP contribution in [0, 0.1) is 13.8 Å². The van der Waals surface area contributed by atoms with E-state index in [0.29, 0.717) is 27.2 Å². The van der Waals surface area contributed by atoms with Crippen LogP contribution in [-0.4, -0.2) is 25.7 Å². The largest absolute Gasteiger partial charge is 0.459 e. The van der Waals surface area contributed by atoms with Crippen molar-refractivity contribution in [2.45, 2.75) is 26.8 Å².